The fraction of sp³-hybridized carbons (Fsp3) is 0.143. The van der Waals surface area contributed by atoms with Crippen LogP contribution in [0.4, 0.5) is 5.69 Å². The van der Waals surface area contributed by atoms with Crippen molar-refractivity contribution in [1.29, 1.82) is 0 Å². The second-order valence-corrected chi connectivity index (χ2v) is 7.05. The molecule has 0 bridgehead atoms. The number of hydrogen-bond donors (Lipinski definition) is 2. The molecule has 31 heavy (non-hydrogen) atoms. The molecule has 0 saturated carbocycles. The molecule has 0 atom stereocenters. The first-order valence-corrected chi connectivity index (χ1v) is 9.87. The van der Waals surface area contributed by atoms with Crippen molar-refractivity contribution in [2.24, 2.45) is 0 Å². The number of thiocarbonyl (C=S) groups is 1. The Labute approximate surface area is 188 Å². The number of carboxylic acids is 1. The lowest BCUT2D eigenvalue weighted by Gasteiger charge is -2.29. The number of ether oxygens (including phenoxy) is 2. The summed E-state index contributed by atoms with van der Waals surface area (Å²) in [6.45, 7) is 1.75. The Kier molecular flexibility index (Phi) is 6.88. The zero-order valence-electron chi connectivity index (χ0n) is 16.3. The Morgan fingerprint density at radius 1 is 1.23 bits per heavy atom. The van der Waals surface area contributed by atoms with Gasteiger partial charge < -0.3 is 14.6 Å². The van der Waals surface area contributed by atoms with E-state index in [1.165, 1.54) is 23.1 Å². The van der Waals surface area contributed by atoms with Gasteiger partial charge in [-0.15, -0.1) is 0 Å². The molecule has 3 rings (SSSR count). The van der Waals surface area contributed by atoms with E-state index in [0.717, 1.165) is 0 Å². The van der Waals surface area contributed by atoms with Gasteiger partial charge in [0.25, 0.3) is 11.8 Å². The van der Waals surface area contributed by atoms with Crippen LogP contribution in [0, 0.1) is 0 Å². The number of amides is 2. The third kappa shape index (κ3) is 5.19. The number of aliphatic carboxylic acids is 1. The summed E-state index contributed by atoms with van der Waals surface area (Å²) in [6, 6.07) is 11.2. The van der Waals surface area contributed by atoms with Crippen molar-refractivity contribution in [2.75, 3.05) is 18.1 Å². The average Bonchev–Trinajstić information content (AvgIpc) is 2.71. The molecule has 0 radical (unpaired) electrons. The van der Waals surface area contributed by atoms with Gasteiger partial charge in [0.2, 0.25) is 0 Å². The van der Waals surface area contributed by atoms with Crippen LogP contribution in [0.3, 0.4) is 0 Å². The monoisotopic (exact) mass is 460 g/mol. The highest BCUT2D eigenvalue weighted by atomic mass is 35.5. The first-order chi connectivity index (χ1) is 14.8. The minimum atomic E-state index is -1.14. The van der Waals surface area contributed by atoms with E-state index in [9.17, 15) is 14.4 Å². The van der Waals surface area contributed by atoms with Crippen molar-refractivity contribution >= 4 is 58.5 Å². The number of anilines is 1. The fourth-order valence-corrected chi connectivity index (χ4v) is 3.33. The number of nitrogens with zero attached hydrogens (tertiary/aromatic N) is 1. The van der Waals surface area contributed by atoms with Crippen LogP contribution in [0.5, 0.6) is 11.5 Å². The number of rotatable bonds is 7. The van der Waals surface area contributed by atoms with Crippen molar-refractivity contribution in [3.8, 4) is 11.5 Å². The number of carbonyl (C=O) groups excluding carboxylic acids is 2. The quantitative estimate of drug-likeness (QED) is 0.371. The molecule has 2 N–H and O–H groups in total. The lowest BCUT2D eigenvalue weighted by Crippen LogP contribution is -2.54. The van der Waals surface area contributed by atoms with Gasteiger partial charge in [-0.05, 0) is 55.0 Å². The summed E-state index contributed by atoms with van der Waals surface area (Å²) in [7, 11) is 0. The van der Waals surface area contributed by atoms with Crippen LogP contribution in [0.15, 0.2) is 48.0 Å². The zero-order chi connectivity index (χ0) is 22.5. The van der Waals surface area contributed by atoms with E-state index in [2.05, 4.69) is 5.32 Å². The number of nitrogens with one attached hydrogen (secondary N) is 1. The standard InChI is InChI=1S/C21H17ClN2O6S/c1-2-29-14-5-3-4-13(10-14)24-20(28)15(19(27)23-21(24)31)8-12-6-7-17(16(22)9-12)30-11-18(25)26/h3-10H,2,11H2,1H3,(H,25,26)(H,23,27,31)/b15-8+. The fourth-order valence-electron chi connectivity index (χ4n) is 2.80. The highest BCUT2D eigenvalue weighted by molar-refractivity contribution is 7.80. The van der Waals surface area contributed by atoms with Crippen LogP contribution >= 0.6 is 23.8 Å². The Hall–Kier alpha value is -3.43. The molecular formula is C21H17ClN2O6S. The minimum Gasteiger partial charge on any atom is -0.494 e. The van der Waals surface area contributed by atoms with E-state index in [-0.39, 0.29) is 21.5 Å². The van der Waals surface area contributed by atoms with Crippen LogP contribution < -0.4 is 19.7 Å². The van der Waals surface area contributed by atoms with Gasteiger partial charge in [0.15, 0.2) is 11.7 Å². The van der Waals surface area contributed by atoms with Gasteiger partial charge in [-0.2, -0.15) is 0 Å². The van der Waals surface area contributed by atoms with Crippen LogP contribution in [0.25, 0.3) is 6.08 Å². The Morgan fingerprint density at radius 3 is 2.68 bits per heavy atom. The summed E-state index contributed by atoms with van der Waals surface area (Å²) >= 11 is 11.3. The summed E-state index contributed by atoms with van der Waals surface area (Å²) in [5.74, 6) is -1.67. The SMILES string of the molecule is CCOc1cccc(N2C(=O)/C(=C/c3ccc(OCC(=O)O)c(Cl)c3)C(=O)NC2=S)c1. The number of carbonyl (C=O) groups is 3. The Bertz CT molecular complexity index is 1100. The van der Waals surface area contributed by atoms with Gasteiger partial charge in [-0.3, -0.25) is 19.8 Å². The molecule has 1 heterocycles. The predicted molar refractivity (Wildman–Crippen MR) is 118 cm³/mol. The first-order valence-electron chi connectivity index (χ1n) is 9.08. The van der Waals surface area contributed by atoms with Gasteiger partial charge in [-0.1, -0.05) is 23.7 Å². The normalized spacial score (nSPS) is 15.1. The molecule has 0 spiro atoms. The summed E-state index contributed by atoms with van der Waals surface area (Å²) in [5, 5.41) is 11.3. The number of halogens is 1. The second kappa shape index (κ2) is 9.59. The van der Waals surface area contributed by atoms with E-state index in [1.54, 1.807) is 30.3 Å². The topological polar surface area (TPSA) is 105 Å². The molecule has 2 aromatic rings. The first kappa shape index (κ1) is 22.3. The molecule has 8 nitrogen and oxygen atoms in total. The molecule has 0 unspecified atom stereocenters. The second-order valence-electron chi connectivity index (χ2n) is 6.26. The van der Waals surface area contributed by atoms with Crippen LogP contribution in [0.1, 0.15) is 12.5 Å². The third-order valence-electron chi connectivity index (χ3n) is 4.11. The van der Waals surface area contributed by atoms with Gasteiger partial charge in [-0.25, -0.2) is 4.79 Å². The maximum atomic E-state index is 13.1. The van der Waals surface area contributed by atoms with Gasteiger partial charge in [0, 0.05) is 6.07 Å². The van der Waals surface area contributed by atoms with Gasteiger partial charge in [0.1, 0.15) is 17.1 Å². The lowest BCUT2D eigenvalue weighted by atomic mass is 10.1. The summed E-state index contributed by atoms with van der Waals surface area (Å²) in [4.78, 5) is 37.4. The van der Waals surface area contributed by atoms with E-state index >= 15 is 0 Å². The maximum absolute atomic E-state index is 13.1. The van der Waals surface area contributed by atoms with Crippen LogP contribution in [-0.2, 0) is 14.4 Å². The molecule has 1 aliphatic heterocycles. The Morgan fingerprint density at radius 2 is 2.00 bits per heavy atom. The van der Waals surface area contributed by atoms with Crippen LogP contribution in [0.2, 0.25) is 5.02 Å². The van der Waals surface area contributed by atoms with Crippen molar-refractivity contribution < 1.29 is 29.0 Å². The summed E-state index contributed by atoms with van der Waals surface area (Å²) in [6.07, 6.45) is 1.37. The van der Waals surface area contributed by atoms with E-state index in [0.29, 0.717) is 23.6 Å². The van der Waals surface area contributed by atoms with Crippen molar-refractivity contribution in [3.05, 3.63) is 58.6 Å². The lowest BCUT2D eigenvalue weighted by molar-refractivity contribution is -0.139. The summed E-state index contributed by atoms with van der Waals surface area (Å²) < 4.78 is 10.5. The average molecular weight is 461 g/mol. The molecular weight excluding hydrogens is 444 g/mol. The smallest absolute Gasteiger partial charge is 0.341 e. The molecule has 2 amide bonds. The highest BCUT2D eigenvalue weighted by Gasteiger charge is 2.34. The van der Waals surface area contributed by atoms with E-state index in [4.69, 9.17) is 38.4 Å². The number of hydrogen-bond acceptors (Lipinski definition) is 6. The Balaban J connectivity index is 1.91. The van der Waals surface area contributed by atoms with E-state index < -0.39 is 24.4 Å². The van der Waals surface area contributed by atoms with Gasteiger partial charge >= 0.3 is 5.97 Å². The molecule has 1 fully saturated rings. The van der Waals surface area contributed by atoms with Crippen molar-refractivity contribution in [3.63, 3.8) is 0 Å². The molecule has 1 aliphatic rings. The molecule has 10 heteroatoms. The van der Waals surface area contributed by atoms with Gasteiger partial charge in [0.05, 0.1) is 17.3 Å². The highest BCUT2D eigenvalue weighted by Crippen LogP contribution is 2.28. The van der Waals surface area contributed by atoms with Crippen molar-refractivity contribution in [2.45, 2.75) is 6.92 Å². The summed E-state index contributed by atoms with van der Waals surface area (Å²) in [5.41, 5.74) is 0.745. The molecule has 0 aliphatic carbocycles. The van der Waals surface area contributed by atoms with Crippen molar-refractivity contribution in [1.82, 2.24) is 5.32 Å². The third-order valence-corrected chi connectivity index (χ3v) is 4.69. The minimum absolute atomic E-state index is 0.0451. The van der Waals surface area contributed by atoms with E-state index in [1.807, 2.05) is 6.92 Å². The largest absolute Gasteiger partial charge is 0.494 e. The number of carboxylic acid groups (broad SMARTS) is 1. The zero-order valence-corrected chi connectivity index (χ0v) is 17.8. The maximum Gasteiger partial charge on any atom is 0.341 e. The van der Waals surface area contributed by atoms with Crippen LogP contribution in [-0.4, -0.2) is 41.2 Å². The molecule has 2 aromatic carbocycles. The number of benzene rings is 2. The molecule has 0 aromatic heterocycles. The molecule has 1 saturated heterocycles. The molecule has 160 valence electrons. The predicted octanol–water partition coefficient (Wildman–Crippen LogP) is 3.03.